The molecule has 5 nitrogen and oxygen atoms in total. The zero-order chi connectivity index (χ0) is 12.3. The van der Waals surface area contributed by atoms with E-state index in [2.05, 4.69) is 20.8 Å². The molecule has 2 aromatic rings. The number of tetrazole rings is 1. The van der Waals surface area contributed by atoms with Gasteiger partial charge in [-0.05, 0) is 48.2 Å². The smallest absolute Gasteiger partial charge is 0.173 e. The highest BCUT2D eigenvalue weighted by molar-refractivity contribution is 5.31. The van der Waals surface area contributed by atoms with Crippen LogP contribution in [0.2, 0.25) is 0 Å². The Kier molecular flexibility index (Phi) is 3.43. The molecule has 0 saturated heterocycles. The number of nitrogens with zero attached hydrogens (tertiary/aromatic N) is 4. The van der Waals surface area contributed by atoms with Gasteiger partial charge in [0, 0.05) is 0 Å². The van der Waals surface area contributed by atoms with E-state index in [1.54, 1.807) is 16.8 Å². The Bertz CT molecular complexity index is 479. The molecular weight excluding hydrogens is 221 g/mol. The second kappa shape index (κ2) is 5.01. The zero-order valence-electron chi connectivity index (χ0n) is 9.76. The van der Waals surface area contributed by atoms with E-state index in [0.717, 1.165) is 12.2 Å². The Morgan fingerprint density at radius 1 is 1.35 bits per heavy atom. The molecule has 1 unspecified atom stereocenters. The number of aromatic nitrogens is 4. The lowest BCUT2D eigenvalue weighted by molar-refractivity contribution is 0.550. The summed E-state index contributed by atoms with van der Waals surface area (Å²) in [5, 5.41) is 14.8. The summed E-state index contributed by atoms with van der Waals surface area (Å²) in [6.45, 7) is 4.83. The average molecular weight is 235 g/mol. The number of halogens is 1. The van der Waals surface area contributed by atoms with Crippen molar-refractivity contribution in [2.24, 2.45) is 0 Å². The van der Waals surface area contributed by atoms with Gasteiger partial charge in [0.2, 0.25) is 0 Å². The highest BCUT2D eigenvalue weighted by Gasteiger charge is 2.14. The number of benzene rings is 1. The highest BCUT2D eigenvalue weighted by atomic mass is 19.1. The molecule has 0 bridgehead atoms. The fourth-order valence-electron chi connectivity index (χ4n) is 1.63. The molecule has 0 amide bonds. The van der Waals surface area contributed by atoms with Crippen molar-refractivity contribution in [3.05, 3.63) is 35.9 Å². The fraction of sp³-hybridized carbons (Fsp3) is 0.364. The van der Waals surface area contributed by atoms with Crippen LogP contribution >= 0.6 is 0 Å². The molecule has 2 rings (SSSR count). The van der Waals surface area contributed by atoms with Crippen LogP contribution in [0, 0.1) is 5.82 Å². The molecule has 0 saturated carbocycles. The van der Waals surface area contributed by atoms with Gasteiger partial charge in [-0.15, -0.1) is 5.10 Å². The fourth-order valence-corrected chi connectivity index (χ4v) is 1.63. The molecule has 1 aromatic carbocycles. The van der Waals surface area contributed by atoms with Crippen LogP contribution in [0.3, 0.4) is 0 Å². The lowest BCUT2D eigenvalue weighted by Gasteiger charge is -2.11. The van der Waals surface area contributed by atoms with Crippen LogP contribution in [0.4, 0.5) is 4.39 Å². The van der Waals surface area contributed by atoms with Crippen molar-refractivity contribution in [1.82, 2.24) is 25.5 Å². The van der Waals surface area contributed by atoms with E-state index in [9.17, 15) is 4.39 Å². The normalized spacial score (nSPS) is 12.6. The molecule has 1 atom stereocenters. The van der Waals surface area contributed by atoms with Crippen LogP contribution in [-0.2, 0) is 0 Å². The number of nitrogens with one attached hydrogen (secondary N) is 1. The predicted octanol–water partition coefficient (Wildman–Crippen LogP) is 1.47. The largest absolute Gasteiger partial charge is 0.308 e. The molecule has 17 heavy (non-hydrogen) atoms. The number of rotatable bonds is 4. The topological polar surface area (TPSA) is 55.6 Å². The van der Waals surface area contributed by atoms with Gasteiger partial charge in [-0.2, -0.15) is 4.68 Å². The molecule has 6 heteroatoms. The maximum absolute atomic E-state index is 12.8. The van der Waals surface area contributed by atoms with Crippen LogP contribution in [0.15, 0.2) is 24.3 Å². The van der Waals surface area contributed by atoms with E-state index in [-0.39, 0.29) is 11.9 Å². The summed E-state index contributed by atoms with van der Waals surface area (Å²) >= 11 is 0. The van der Waals surface area contributed by atoms with Crippen molar-refractivity contribution in [2.45, 2.75) is 19.9 Å². The maximum Gasteiger partial charge on any atom is 0.173 e. The van der Waals surface area contributed by atoms with E-state index in [1.807, 2.05) is 13.8 Å². The lowest BCUT2D eigenvalue weighted by atomic mass is 10.2. The van der Waals surface area contributed by atoms with E-state index < -0.39 is 0 Å². The lowest BCUT2D eigenvalue weighted by Crippen LogP contribution is -2.21. The Morgan fingerprint density at radius 2 is 2.06 bits per heavy atom. The number of hydrogen-bond donors (Lipinski definition) is 1. The first-order valence-corrected chi connectivity index (χ1v) is 5.50. The van der Waals surface area contributed by atoms with E-state index in [4.69, 9.17) is 0 Å². The minimum atomic E-state index is -0.275. The molecule has 1 aromatic heterocycles. The predicted molar refractivity (Wildman–Crippen MR) is 61.2 cm³/mol. The summed E-state index contributed by atoms with van der Waals surface area (Å²) in [5.41, 5.74) is 0.746. The second-order valence-electron chi connectivity index (χ2n) is 3.70. The molecule has 1 N–H and O–H groups in total. The summed E-state index contributed by atoms with van der Waals surface area (Å²) in [7, 11) is 0. The van der Waals surface area contributed by atoms with Gasteiger partial charge in [0.1, 0.15) is 5.82 Å². The van der Waals surface area contributed by atoms with Crippen molar-refractivity contribution >= 4 is 0 Å². The van der Waals surface area contributed by atoms with Gasteiger partial charge in [-0.25, -0.2) is 4.39 Å². The molecule has 0 aliphatic carbocycles. The minimum Gasteiger partial charge on any atom is -0.308 e. The van der Waals surface area contributed by atoms with Crippen LogP contribution in [-0.4, -0.2) is 26.8 Å². The summed E-state index contributed by atoms with van der Waals surface area (Å²) in [6.07, 6.45) is 0. The standard InChI is InChI=1S/C11H14FN5/c1-3-13-8(2)11-14-15-16-17(11)10-6-4-9(12)5-7-10/h4-8,13H,3H2,1-2H3. The molecular formula is C11H14FN5. The van der Waals surface area contributed by atoms with Crippen molar-refractivity contribution in [3.63, 3.8) is 0 Å². The first kappa shape index (κ1) is 11.7. The first-order chi connectivity index (χ1) is 8.22. The quantitative estimate of drug-likeness (QED) is 0.872. The molecule has 0 aliphatic heterocycles. The van der Waals surface area contributed by atoms with Gasteiger partial charge in [-0.3, -0.25) is 0 Å². The average Bonchev–Trinajstić information content (AvgIpc) is 2.79. The third kappa shape index (κ3) is 2.47. The van der Waals surface area contributed by atoms with Gasteiger partial charge in [-0.1, -0.05) is 6.92 Å². The summed E-state index contributed by atoms with van der Waals surface area (Å²) in [6, 6.07) is 6.11. The van der Waals surface area contributed by atoms with Crippen LogP contribution in [0.1, 0.15) is 25.7 Å². The van der Waals surface area contributed by atoms with Crippen LogP contribution in [0.5, 0.6) is 0 Å². The van der Waals surface area contributed by atoms with E-state index in [0.29, 0.717) is 5.82 Å². The molecule has 90 valence electrons. The van der Waals surface area contributed by atoms with E-state index >= 15 is 0 Å². The summed E-state index contributed by atoms with van der Waals surface area (Å²) < 4.78 is 14.4. The third-order valence-electron chi connectivity index (χ3n) is 2.46. The van der Waals surface area contributed by atoms with Gasteiger partial charge in [0.05, 0.1) is 11.7 Å². The summed E-state index contributed by atoms with van der Waals surface area (Å²) in [4.78, 5) is 0. The van der Waals surface area contributed by atoms with Crippen LogP contribution in [0.25, 0.3) is 5.69 Å². The first-order valence-electron chi connectivity index (χ1n) is 5.50. The van der Waals surface area contributed by atoms with Gasteiger partial charge in [0.25, 0.3) is 0 Å². The second-order valence-corrected chi connectivity index (χ2v) is 3.70. The molecule has 0 aliphatic rings. The van der Waals surface area contributed by atoms with Crippen LogP contribution < -0.4 is 5.32 Å². The Hall–Kier alpha value is -1.82. The monoisotopic (exact) mass is 235 g/mol. The Balaban J connectivity index is 2.33. The van der Waals surface area contributed by atoms with Gasteiger partial charge < -0.3 is 5.32 Å². The van der Waals surface area contributed by atoms with Gasteiger partial charge in [0.15, 0.2) is 5.82 Å². The van der Waals surface area contributed by atoms with Gasteiger partial charge >= 0.3 is 0 Å². The molecule has 0 fully saturated rings. The molecule has 0 spiro atoms. The third-order valence-corrected chi connectivity index (χ3v) is 2.46. The van der Waals surface area contributed by atoms with E-state index in [1.165, 1.54) is 12.1 Å². The minimum absolute atomic E-state index is 0.0417. The Morgan fingerprint density at radius 3 is 2.71 bits per heavy atom. The molecule has 1 heterocycles. The Labute approximate surface area is 98.6 Å². The maximum atomic E-state index is 12.8. The summed E-state index contributed by atoms with van der Waals surface area (Å²) in [5.74, 6) is 0.432. The van der Waals surface area contributed by atoms with Crippen molar-refractivity contribution in [1.29, 1.82) is 0 Å². The zero-order valence-corrected chi connectivity index (χ0v) is 9.76. The van der Waals surface area contributed by atoms with Crippen molar-refractivity contribution < 1.29 is 4.39 Å². The number of hydrogen-bond acceptors (Lipinski definition) is 4. The van der Waals surface area contributed by atoms with Crippen molar-refractivity contribution in [2.75, 3.05) is 6.54 Å². The molecule has 0 radical (unpaired) electrons. The highest BCUT2D eigenvalue weighted by Crippen LogP contribution is 2.14. The SMILES string of the molecule is CCNC(C)c1nnnn1-c1ccc(F)cc1. The van der Waals surface area contributed by atoms with Crippen molar-refractivity contribution in [3.8, 4) is 5.69 Å².